The predicted octanol–water partition coefficient (Wildman–Crippen LogP) is 3.49. The van der Waals surface area contributed by atoms with Crippen LogP contribution in [0.5, 0.6) is 0 Å². The molecule has 1 aromatic rings. The zero-order chi connectivity index (χ0) is 18.8. The van der Waals surface area contributed by atoms with E-state index in [1.54, 1.807) is 0 Å². The minimum absolute atomic E-state index is 0. The highest BCUT2D eigenvalue weighted by Gasteiger charge is 2.14. The topological polar surface area (TPSA) is 34.1 Å². The maximum Gasteiger partial charge on any atom is 0.193 e. The first kappa shape index (κ1) is 24.7. The molecular weight excluding hydrogens is 517 g/mol. The van der Waals surface area contributed by atoms with Gasteiger partial charge in [-0.1, -0.05) is 35.0 Å². The average Bonchev–Trinajstić information content (AvgIpc) is 2.67. The standard InChI is InChI=1S/C20H34BrN5.HI/c1-4-25-13-15-26(16-14-25)12-6-5-11-23-20(22-2)24(3)17-18-7-9-19(21)10-8-18;/h7-10H,4-6,11-17H2,1-3H3,(H,22,23);1H. The molecule has 0 bridgehead atoms. The van der Waals surface area contributed by atoms with Crippen molar-refractivity contribution in [2.24, 2.45) is 4.99 Å². The van der Waals surface area contributed by atoms with Crippen LogP contribution in [0.4, 0.5) is 0 Å². The molecule has 0 spiro atoms. The molecule has 27 heavy (non-hydrogen) atoms. The van der Waals surface area contributed by atoms with Crippen LogP contribution < -0.4 is 5.32 Å². The Morgan fingerprint density at radius 1 is 1.11 bits per heavy atom. The monoisotopic (exact) mass is 551 g/mol. The highest BCUT2D eigenvalue weighted by Crippen LogP contribution is 2.11. The molecule has 5 nitrogen and oxygen atoms in total. The van der Waals surface area contributed by atoms with E-state index in [4.69, 9.17) is 0 Å². The maximum absolute atomic E-state index is 4.41. The van der Waals surface area contributed by atoms with Crippen LogP contribution in [0.3, 0.4) is 0 Å². The summed E-state index contributed by atoms with van der Waals surface area (Å²) in [5, 5.41) is 3.49. The molecule has 1 saturated heterocycles. The van der Waals surface area contributed by atoms with Gasteiger partial charge in [0.05, 0.1) is 0 Å². The number of likely N-dealkylation sites (N-methyl/N-ethyl adjacent to an activating group) is 1. The summed E-state index contributed by atoms with van der Waals surface area (Å²) in [4.78, 5) is 11.7. The van der Waals surface area contributed by atoms with E-state index in [-0.39, 0.29) is 24.0 Å². The average molecular weight is 552 g/mol. The van der Waals surface area contributed by atoms with E-state index < -0.39 is 0 Å². The van der Waals surface area contributed by atoms with Gasteiger partial charge in [0.15, 0.2) is 5.96 Å². The number of aliphatic imine (C=N–C) groups is 1. The van der Waals surface area contributed by atoms with E-state index >= 15 is 0 Å². The van der Waals surface area contributed by atoms with Crippen molar-refractivity contribution in [1.82, 2.24) is 20.0 Å². The minimum Gasteiger partial charge on any atom is -0.356 e. The van der Waals surface area contributed by atoms with Crippen LogP contribution in [0.25, 0.3) is 0 Å². The van der Waals surface area contributed by atoms with Gasteiger partial charge in [-0.25, -0.2) is 0 Å². The van der Waals surface area contributed by atoms with Crippen molar-refractivity contribution in [3.63, 3.8) is 0 Å². The fraction of sp³-hybridized carbons (Fsp3) is 0.650. The van der Waals surface area contributed by atoms with Crippen LogP contribution in [-0.2, 0) is 6.54 Å². The summed E-state index contributed by atoms with van der Waals surface area (Å²) < 4.78 is 1.11. The summed E-state index contributed by atoms with van der Waals surface area (Å²) in [5.74, 6) is 0.962. The zero-order valence-electron chi connectivity index (χ0n) is 17.0. The minimum atomic E-state index is 0. The van der Waals surface area contributed by atoms with Crippen LogP contribution in [0.1, 0.15) is 25.3 Å². The third-order valence-electron chi connectivity index (χ3n) is 5.00. The predicted molar refractivity (Wildman–Crippen MR) is 130 cm³/mol. The van der Waals surface area contributed by atoms with E-state index in [9.17, 15) is 0 Å². The van der Waals surface area contributed by atoms with Gasteiger partial charge in [0.25, 0.3) is 0 Å². The van der Waals surface area contributed by atoms with Crippen molar-refractivity contribution in [3.05, 3.63) is 34.3 Å². The Kier molecular flexibility index (Phi) is 12.5. The SMILES string of the molecule is CCN1CCN(CCCCNC(=NC)N(C)Cc2ccc(Br)cc2)CC1.I. The number of unbranched alkanes of at least 4 members (excludes halogenated alkanes) is 1. The van der Waals surface area contributed by atoms with Gasteiger partial charge in [-0.15, -0.1) is 24.0 Å². The quantitative estimate of drug-likeness (QED) is 0.232. The molecule has 154 valence electrons. The van der Waals surface area contributed by atoms with Crippen LogP contribution >= 0.6 is 39.9 Å². The lowest BCUT2D eigenvalue weighted by Gasteiger charge is -2.34. The first-order valence-electron chi connectivity index (χ1n) is 9.73. The number of hydrogen-bond acceptors (Lipinski definition) is 3. The Labute approximate surface area is 190 Å². The number of piperazine rings is 1. The van der Waals surface area contributed by atoms with Gasteiger partial charge in [0.1, 0.15) is 0 Å². The van der Waals surface area contributed by atoms with Crippen LogP contribution in [0.2, 0.25) is 0 Å². The second kappa shape index (κ2) is 13.7. The van der Waals surface area contributed by atoms with Crippen molar-refractivity contribution in [2.45, 2.75) is 26.3 Å². The van der Waals surface area contributed by atoms with Gasteiger partial charge in [0, 0.05) is 57.8 Å². The van der Waals surface area contributed by atoms with Gasteiger partial charge in [-0.05, 0) is 43.6 Å². The van der Waals surface area contributed by atoms with Crippen LogP contribution in [0, 0.1) is 0 Å². The summed E-state index contributed by atoms with van der Waals surface area (Å²) in [6.07, 6.45) is 2.42. The first-order valence-corrected chi connectivity index (χ1v) is 10.5. The van der Waals surface area contributed by atoms with Gasteiger partial charge >= 0.3 is 0 Å². The van der Waals surface area contributed by atoms with Crippen LogP contribution in [0.15, 0.2) is 33.7 Å². The Balaban J connectivity index is 0.00000364. The van der Waals surface area contributed by atoms with E-state index in [0.29, 0.717) is 0 Å². The molecular formula is C20H35BrIN5. The molecule has 1 aliphatic heterocycles. The summed E-state index contributed by atoms with van der Waals surface area (Å²) >= 11 is 3.48. The molecule has 1 aliphatic rings. The molecule has 0 aromatic heterocycles. The van der Waals surface area contributed by atoms with Crippen molar-refractivity contribution in [3.8, 4) is 0 Å². The number of nitrogens with zero attached hydrogens (tertiary/aromatic N) is 4. The number of nitrogens with one attached hydrogen (secondary N) is 1. The Morgan fingerprint density at radius 3 is 2.33 bits per heavy atom. The Bertz CT molecular complexity index is 544. The summed E-state index contributed by atoms with van der Waals surface area (Å²) in [7, 11) is 3.94. The zero-order valence-corrected chi connectivity index (χ0v) is 20.9. The van der Waals surface area contributed by atoms with Crippen molar-refractivity contribution in [2.75, 3.05) is 59.9 Å². The molecule has 0 unspecified atom stereocenters. The summed E-state index contributed by atoms with van der Waals surface area (Å²) in [5.41, 5.74) is 1.28. The molecule has 0 aliphatic carbocycles. The Morgan fingerprint density at radius 2 is 1.74 bits per heavy atom. The van der Waals surface area contributed by atoms with Crippen molar-refractivity contribution in [1.29, 1.82) is 0 Å². The first-order chi connectivity index (χ1) is 12.6. The van der Waals surface area contributed by atoms with E-state index in [1.807, 2.05) is 7.05 Å². The van der Waals surface area contributed by atoms with E-state index in [0.717, 1.165) is 23.5 Å². The largest absolute Gasteiger partial charge is 0.356 e. The van der Waals surface area contributed by atoms with Gasteiger partial charge in [-0.2, -0.15) is 0 Å². The lowest BCUT2D eigenvalue weighted by Crippen LogP contribution is -2.46. The van der Waals surface area contributed by atoms with Crippen molar-refractivity contribution < 1.29 is 0 Å². The third kappa shape index (κ3) is 9.11. The lowest BCUT2D eigenvalue weighted by atomic mass is 10.2. The van der Waals surface area contributed by atoms with E-state index in [2.05, 4.69) is 79.2 Å². The Hall–Kier alpha value is -0.380. The van der Waals surface area contributed by atoms with Gasteiger partial charge in [-0.3, -0.25) is 4.99 Å². The normalized spacial score (nSPS) is 16.1. The smallest absolute Gasteiger partial charge is 0.193 e. The summed E-state index contributed by atoms with van der Waals surface area (Å²) in [6, 6.07) is 8.46. The van der Waals surface area contributed by atoms with Crippen molar-refractivity contribution >= 4 is 45.9 Å². The van der Waals surface area contributed by atoms with Gasteiger partial charge < -0.3 is 20.0 Å². The molecule has 0 amide bonds. The number of guanidine groups is 1. The molecule has 1 fully saturated rings. The lowest BCUT2D eigenvalue weighted by molar-refractivity contribution is 0.136. The van der Waals surface area contributed by atoms with Crippen LogP contribution in [-0.4, -0.2) is 80.6 Å². The molecule has 7 heteroatoms. The molecule has 0 atom stereocenters. The second-order valence-electron chi connectivity index (χ2n) is 6.94. The number of hydrogen-bond donors (Lipinski definition) is 1. The number of halogens is 2. The molecule has 0 radical (unpaired) electrons. The van der Waals surface area contributed by atoms with E-state index in [1.165, 1.54) is 57.7 Å². The fourth-order valence-electron chi connectivity index (χ4n) is 3.31. The molecule has 2 rings (SSSR count). The maximum atomic E-state index is 4.41. The molecule has 1 heterocycles. The summed E-state index contributed by atoms with van der Waals surface area (Å²) in [6.45, 7) is 11.4. The highest BCUT2D eigenvalue weighted by molar-refractivity contribution is 14.0. The number of rotatable bonds is 8. The molecule has 0 saturated carbocycles. The van der Waals surface area contributed by atoms with Gasteiger partial charge in [0.2, 0.25) is 0 Å². The second-order valence-corrected chi connectivity index (χ2v) is 7.86. The number of benzene rings is 1. The third-order valence-corrected chi connectivity index (χ3v) is 5.53. The highest BCUT2D eigenvalue weighted by atomic mass is 127. The molecule has 1 N–H and O–H groups in total. The molecule has 1 aromatic carbocycles. The fourth-order valence-corrected chi connectivity index (χ4v) is 3.58.